The van der Waals surface area contributed by atoms with Gasteiger partial charge in [-0.2, -0.15) is 0 Å². The lowest BCUT2D eigenvalue weighted by Gasteiger charge is -2.13. The van der Waals surface area contributed by atoms with Gasteiger partial charge in [0, 0.05) is 40.0 Å². The van der Waals surface area contributed by atoms with Crippen LogP contribution in [0.15, 0.2) is 0 Å². The number of halogens is 2. The van der Waals surface area contributed by atoms with Gasteiger partial charge in [-0.3, -0.25) is 9.59 Å². The zero-order valence-corrected chi connectivity index (χ0v) is 20.6. The molecule has 2 rings (SSSR count). The van der Waals surface area contributed by atoms with E-state index in [1.54, 1.807) is 6.92 Å². The summed E-state index contributed by atoms with van der Waals surface area (Å²) in [5, 5.41) is 10.2. The number of aliphatic carboxylic acids is 1. The molecule has 164 valence electrons. The molecular weight excluding hydrogens is 480 g/mol. The monoisotopic (exact) mass is 518 g/mol. The van der Waals surface area contributed by atoms with Crippen molar-refractivity contribution in [2.45, 2.75) is 39.5 Å². The van der Waals surface area contributed by atoms with Gasteiger partial charge in [-0.15, -0.1) is 0 Å². The van der Waals surface area contributed by atoms with Crippen LogP contribution in [0.2, 0.25) is 0 Å². The van der Waals surface area contributed by atoms with Crippen molar-refractivity contribution in [3.63, 3.8) is 0 Å². The standard InChI is InChI=1S/C8H16N2O.C6H14N2.C2H4O2.2CH3Br/c1-8(11)9-4-7-10-5-2-3-6-10;7-3-6-8-4-1-2-5-8;1-2(3)4;2*1-2/h2-7H2,1H3,(H,9,11);1-7H2;1H3,(H,3,4);2*1H3. The van der Waals surface area contributed by atoms with E-state index >= 15 is 0 Å². The first kappa shape index (κ1) is 31.5. The second kappa shape index (κ2) is 25.8. The van der Waals surface area contributed by atoms with Crippen LogP contribution in [0.1, 0.15) is 39.5 Å². The van der Waals surface area contributed by atoms with E-state index in [0.29, 0.717) is 0 Å². The molecule has 0 aromatic carbocycles. The molecule has 4 N–H and O–H groups in total. The Morgan fingerprint density at radius 3 is 1.52 bits per heavy atom. The molecule has 2 aliphatic heterocycles. The van der Waals surface area contributed by atoms with Crippen molar-refractivity contribution in [3.05, 3.63) is 0 Å². The van der Waals surface area contributed by atoms with Gasteiger partial charge < -0.3 is 26.0 Å². The van der Waals surface area contributed by atoms with Gasteiger partial charge >= 0.3 is 0 Å². The van der Waals surface area contributed by atoms with Gasteiger partial charge in [0.2, 0.25) is 5.91 Å². The van der Waals surface area contributed by atoms with E-state index in [1.165, 1.54) is 51.9 Å². The third-order valence-corrected chi connectivity index (χ3v) is 3.64. The molecule has 0 aromatic rings. The number of nitrogens with zero attached hydrogens (tertiary/aromatic N) is 2. The molecule has 0 radical (unpaired) electrons. The Kier molecular flexibility index (Phi) is 30.1. The van der Waals surface area contributed by atoms with Crippen molar-refractivity contribution in [3.8, 4) is 0 Å². The number of likely N-dealkylation sites (tertiary alicyclic amines) is 2. The highest BCUT2D eigenvalue weighted by Crippen LogP contribution is 2.05. The van der Waals surface area contributed by atoms with Crippen LogP contribution in [-0.2, 0) is 9.59 Å². The second-order valence-electron chi connectivity index (χ2n) is 5.89. The van der Waals surface area contributed by atoms with Gasteiger partial charge in [0.05, 0.1) is 0 Å². The molecule has 2 heterocycles. The number of nitrogens with two attached hydrogens (primary N) is 1. The lowest BCUT2D eigenvalue weighted by Crippen LogP contribution is -2.32. The van der Waals surface area contributed by atoms with Crippen molar-refractivity contribution in [2.75, 3.05) is 64.0 Å². The quantitative estimate of drug-likeness (QED) is 0.482. The molecule has 9 heteroatoms. The molecule has 2 saturated heterocycles. The molecule has 2 aliphatic rings. The van der Waals surface area contributed by atoms with E-state index in [4.69, 9.17) is 15.6 Å². The van der Waals surface area contributed by atoms with Gasteiger partial charge in [-0.05, 0) is 63.5 Å². The van der Waals surface area contributed by atoms with E-state index in [-0.39, 0.29) is 5.91 Å². The Labute approximate surface area is 182 Å². The highest BCUT2D eigenvalue weighted by atomic mass is 79.9. The molecule has 0 spiro atoms. The Balaban J connectivity index is -0.000000317. The van der Waals surface area contributed by atoms with E-state index in [9.17, 15) is 4.79 Å². The summed E-state index contributed by atoms with van der Waals surface area (Å²) in [7, 11) is 0. The maximum absolute atomic E-state index is 10.5. The number of carbonyl (C=O) groups excluding carboxylic acids is 1. The van der Waals surface area contributed by atoms with E-state index in [0.717, 1.165) is 33.1 Å². The minimum atomic E-state index is -0.833. The van der Waals surface area contributed by atoms with Crippen LogP contribution in [-0.4, -0.2) is 90.8 Å². The Morgan fingerprint density at radius 1 is 0.889 bits per heavy atom. The number of hydrogen-bond acceptors (Lipinski definition) is 5. The summed E-state index contributed by atoms with van der Waals surface area (Å²) in [5.41, 5.74) is 5.37. The average molecular weight is 520 g/mol. The van der Waals surface area contributed by atoms with Crippen LogP contribution in [0.3, 0.4) is 0 Å². The maximum Gasteiger partial charge on any atom is 0.300 e. The molecule has 2 fully saturated rings. The fourth-order valence-corrected chi connectivity index (χ4v) is 2.59. The van der Waals surface area contributed by atoms with Crippen LogP contribution in [0, 0.1) is 0 Å². The summed E-state index contributed by atoms with van der Waals surface area (Å²) in [6.07, 6.45) is 5.39. The zero-order valence-electron chi connectivity index (χ0n) is 17.5. The largest absolute Gasteiger partial charge is 0.481 e. The van der Waals surface area contributed by atoms with Crippen molar-refractivity contribution in [1.29, 1.82) is 0 Å². The SMILES string of the molecule is CBr.CBr.CC(=O)NCCN1CCCC1.CC(=O)O.NCCN1CCCC1. The molecule has 0 atom stereocenters. The average Bonchev–Trinajstić information content (AvgIpc) is 3.33. The minimum Gasteiger partial charge on any atom is -0.481 e. The summed E-state index contributed by atoms with van der Waals surface area (Å²) >= 11 is 5.88. The van der Waals surface area contributed by atoms with Crippen LogP contribution in [0.5, 0.6) is 0 Å². The number of nitrogens with one attached hydrogen (secondary N) is 1. The van der Waals surface area contributed by atoms with Gasteiger partial charge in [0.1, 0.15) is 0 Å². The number of hydrogen-bond donors (Lipinski definition) is 3. The van der Waals surface area contributed by atoms with Crippen LogP contribution >= 0.6 is 31.9 Å². The Bertz CT molecular complexity index is 322. The molecular formula is C18H40Br2N4O3. The van der Waals surface area contributed by atoms with Gasteiger partial charge in [0.15, 0.2) is 0 Å². The number of alkyl halides is 2. The zero-order chi connectivity index (χ0) is 21.5. The summed E-state index contributed by atoms with van der Waals surface area (Å²) in [4.78, 5) is 24.3. The molecule has 1 amide bonds. The van der Waals surface area contributed by atoms with Gasteiger partial charge in [-0.1, -0.05) is 31.9 Å². The fourth-order valence-electron chi connectivity index (χ4n) is 2.59. The first-order valence-corrected chi connectivity index (χ1v) is 12.5. The lowest BCUT2D eigenvalue weighted by molar-refractivity contribution is -0.134. The number of carboxylic acid groups (broad SMARTS) is 1. The molecule has 0 saturated carbocycles. The smallest absolute Gasteiger partial charge is 0.300 e. The van der Waals surface area contributed by atoms with E-state index in [1.807, 2.05) is 11.7 Å². The van der Waals surface area contributed by atoms with Crippen molar-refractivity contribution in [1.82, 2.24) is 15.1 Å². The van der Waals surface area contributed by atoms with E-state index < -0.39 is 5.97 Å². The third-order valence-electron chi connectivity index (χ3n) is 3.64. The molecule has 0 bridgehead atoms. The van der Waals surface area contributed by atoms with Gasteiger partial charge in [-0.25, -0.2) is 0 Å². The van der Waals surface area contributed by atoms with Crippen LogP contribution in [0.4, 0.5) is 0 Å². The molecule has 0 aromatic heterocycles. The maximum atomic E-state index is 10.5. The Hall–Kier alpha value is -0.220. The second-order valence-corrected chi connectivity index (χ2v) is 5.89. The topological polar surface area (TPSA) is 98.9 Å². The van der Waals surface area contributed by atoms with Crippen molar-refractivity contribution in [2.24, 2.45) is 5.73 Å². The normalized spacial score (nSPS) is 15.5. The molecule has 0 unspecified atom stereocenters. The Morgan fingerprint density at radius 2 is 1.22 bits per heavy atom. The predicted octanol–water partition coefficient (Wildman–Crippen LogP) is 2.37. The summed E-state index contributed by atoms with van der Waals surface area (Å²) in [5.74, 6) is 2.86. The number of rotatable bonds is 5. The summed E-state index contributed by atoms with van der Waals surface area (Å²) < 4.78 is 0. The number of carbonyl (C=O) groups is 2. The predicted molar refractivity (Wildman–Crippen MR) is 122 cm³/mol. The molecule has 27 heavy (non-hydrogen) atoms. The minimum absolute atomic E-state index is 0.0733. The summed E-state index contributed by atoms with van der Waals surface area (Å²) in [6.45, 7) is 11.3. The van der Waals surface area contributed by atoms with Crippen molar-refractivity contribution < 1.29 is 14.7 Å². The number of amides is 1. The molecule has 0 aliphatic carbocycles. The van der Waals surface area contributed by atoms with Gasteiger partial charge in [0.25, 0.3) is 5.97 Å². The highest BCUT2D eigenvalue weighted by Gasteiger charge is 2.10. The van der Waals surface area contributed by atoms with E-state index in [2.05, 4.69) is 47.0 Å². The first-order valence-electron chi connectivity index (χ1n) is 9.30. The summed E-state index contributed by atoms with van der Waals surface area (Å²) in [6, 6.07) is 0. The van der Waals surface area contributed by atoms with Crippen LogP contribution < -0.4 is 11.1 Å². The van der Waals surface area contributed by atoms with Crippen LogP contribution in [0.25, 0.3) is 0 Å². The lowest BCUT2D eigenvalue weighted by atomic mass is 10.4. The molecule has 7 nitrogen and oxygen atoms in total. The van der Waals surface area contributed by atoms with Crippen molar-refractivity contribution >= 4 is 43.7 Å². The fraction of sp³-hybridized carbons (Fsp3) is 0.889. The third kappa shape index (κ3) is 28.1. The first-order chi connectivity index (χ1) is 13.0. The highest BCUT2D eigenvalue weighted by molar-refractivity contribution is 9.09. The number of carboxylic acids is 1.